The first-order valence-electron chi connectivity index (χ1n) is 15.1. The SMILES string of the molecule is C[Si](C)(C)c1ccc(C#Cc2c3cc4ccsc4cc3c(C#Cc3ccc([Si](C)(C)C)cc3)c3cc4ccsc4cc23)cc1. The second kappa shape index (κ2) is 10.9. The van der Waals surface area contributed by atoms with Crippen molar-refractivity contribution >= 4 is 90.9 Å². The zero-order valence-corrected chi connectivity index (χ0v) is 29.7. The van der Waals surface area contributed by atoms with E-state index in [0.717, 1.165) is 22.3 Å². The topological polar surface area (TPSA) is 0 Å². The Bertz CT molecular complexity index is 2080. The lowest BCUT2D eigenvalue weighted by Crippen LogP contribution is -2.37. The van der Waals surface area contributed by atoms with Gasteiger partial charge in [-0.1, -0.05) is 97.6 Å². The molecule has 214 valence electrons. The predicted molar refractivity (Wildman–Crippen MR) is 203 cm³/mol. The van der Waals surface area contributed by atoms with Gasteiger partial charge in [-0.3, -0.25) is 0 Å². The highest BCUT2D eigenvalue weighted by atomic mass is 32.1. The van der Waals surface area contributed by atoms with Crippen LogP contribution in [0.5, 0.6) is 0 Å². The molecule has 4 heteroatoms. The number of hydrogen-bond donors (Lipinski definition) is 0. The summed E-state index contributed by atoms with van der Waals surface area (Å²) in [6.07, 6.45) is 0. The molecular weight excluding hydrogens is 601 g/mol. The van der Waals surface area contributed by atoms with Crippen molar-refractivity contribution in [2.24, 2.45) is 0 Å². The summed E-state index contributed by atoms with van der Waals surface area (Å²) >= 11 is 3.56. The number of hydrogen-bond acceptors (Lipinski definition) is 2. The van der Waals surface area contributed by atoms with Gasteiger partial charge in [0.25, 0.3) is 0 Å². The Morgan fingerprint density at radius 3 is 1.16 bits per heavy atom. The summed E-state index contributed by atoms with van der Waals surface area (Å²) in [6, 6.07) is 31.6. The van der Waals surface area contributed by atoms with Gasteiger partial charge in [0.15, 0.2) is 0 Å². The maximum absolute atomic E-state index is 3.67. The van der Waals surface area contributed by atoms with Crippen LogP contribution in [-0.4, -0.2) is 16.1 Å². The van der Waals surface area contributed by atoms with Crippen molar-refractivity contribution in [2.75, 3.05) is 0 Å². The number of benzene rings is 5. The quantitative estimate of drug-likeness (QED) is 0.101. The highest BCUT2D eigenvalue weighted by Gasteiger charge is 2.18. The van der Waals surface area contributed by atoms with Crippen molar-refractivity contribution in [1.29, 1.82) is 0 Å². The van der Waals surface area contributed by atoms with Crippen LogP contribution in [0.15, 0.2) is 95.7 Å². The van der Waals surface area contributed by atoms with E-state index < -0.39 is 16.1 Å². The summed E-state index contributed by atoms with van der Waals surface area (Å²) < 4.78 is 2.55. The second-order valence-electron chi connectivity index (χ2n) is 13.6. The zero-order chi connectivity index (χ0) is 30.6. The highest BCUT2D eigenvalue weighted by Crippen LogP contribution is 2.39. The molecule has 0 unspecified atom stereocenters. The molecule has 0 bridgehead atoms. The van der Waals surface area contributed by atoms with Crippen molar-refractivity contribution in [2.45, 2.75) is 39.3 Å². The average molecular weight is 635 g/mol. The first-order valence-corrected chi connectivity index (χ1v) is 23.8. The van der Waals surface area contributed by atoms with Gasteiger partial charge in [0.05, 0.1) is 16.1 Å². The van der Waals surface area contributed by atoms with Gasteiger partial charge in [0.1, 0.15) is 0 Å². The van der Waals surface area contributed by atoms with Crippen LogP contribution in [0.2, 0.25) is 39.3 Å². The average Bonchev–Trinajstić information content (AvgIpc) is 3.65. The van der Waals surface area contributed by atoms with E-state index in [1.165, 1.54) is 52.1 Å². The molecule has 7 rings (SSSR count). The molecule has 0 aliphatic heterocycles. The van der Waals surface area contributed by atoms with Gasteiger partial charge in [-0.15, -0.1) is 22.7 Å². The molecule has 0 aliphatic rings. The third kappa shape index (κ3) is 5.45. The minimum atomic E-state index is -1.36. The molecule has 0 radical (unpaired) electrons. The number of fused-ring (bicyclic) bond motifs is 4. The molecule has 0 fully saturated rings. The molecule has 0 aliphatic carbocycles. The van der Waals surface area contributed by atoms with E-state index in [4.69, 9.17) is 0 Å². The third-order valence-electron chi connectivity index (χ3n) is 8.43. The second-order valence-corrected chi connectivity index (χ2v) is 25.7. The minimum Gasteiger partial charge on any atom is -0.144 e. The van der Waals surface area contributed by atoms with Crippen LogP contribution in [0.4, 0.5) is 0 Å². The maximum atomic E-state index is 3.67. The van der Waals surface area contributed by atoms with E-state index in [1.807, 2.05) is 0 Å². The van der Waals surface area contributed by atoms with Crippen LogP contribution in [0.1, 0.15) is 22.3 Å². The van der Waals surface area contributed by atoms with Gasteiger partial charge in [-0.05, 0) is 93.0 Å². The molecule has 0 amide bonds. The summed E-state index contributed by atoms with van der Waals surface area (Å²) in [5.41, 5.74) is 4.26. The van der Waals surface area contributed by atoms with E-state index >= 15 is 0 Å². The fourth-order valence-corrected chi connectivity index (χ4v) is 9.74. The van der Waals surface area contributed by atoms with E-state index in [1.54, 1.807) is 22.7 Å². The van der Waals surface area contributed by atoms with Gasteiger partial charge in [-0.25, -0.2) is 0 Å². The van der Waals surface area contributed by atoms with Gasteiger partial charge >= 0.3 is 0 Å². The lowest BCUT2D eigenvalue weighted by Gasteiger charge is -2.16. The van der Waals surface area contributed by atoms with Gasteiger partial charge in [0.2, 0.25) is 0 Å². The maximum Gasteiger partial charge on any atom is 0.0775 e. The smallest absolute Gasteiger partial charge is 0.0775 e. The monoisotopic (exact) mass is 634 g/mol. The molecule has 0 saturated heterocycles. The van der Waals surface area contributed by atoms with Crippen LogP contribution in [0, 0.1) is 23.7 Å². The van der Waals surface area contributed by atoms with E-state index in [2.05, 4.69) is 159 Å². The normalized spacial score (nSPS) is 12.0. The van der Waals surface area contributed by atoms with Crippen LogP contribution < -0.4 is 10.4 Å². The molecule has 0 N–H and O–H groups in total. The molecule has 0 saturated carbocycles. The van der Waals surface area contributed by atoms with Gasteiger partial charge in [-0.2, -0.15) is 0 Å². The zero-order valence-electron chi connectivity index (χ0n) is 26.1. The van der Waals surface area contributed by atoms with Crippen LogP contribution in [-0.2, 0) is 0 Å². The molecule has 2 aromatic heterocycles. The van der Waals surface area contributed by atoms with Crippen molar-refractivity contribution in [3.63, 3.8) is 0 Å². The molecular formula is C40H34S2Si2. The standard InChI is InChI=1S/C40H34S2Si2/c1-43(2,3)31-13-7-27(8-14-31)11-17-33-35-23-29-19-21-42-40(29)26-38(35)34(36-24-30-20-22-41-39(30)25-37(33)36)18-12-28-9-15-32(16-10-28)44(4,5)6/h7-10,13-16,19-26H,1-6H3. The minimum absolute atomic E-state index is 1.05. The highest BCUT2D eigenvalue weighted by molar-refractivity contribution is 7.17. The van der Waals surface area contributed by atoms with Crippen LogP contribution >= 0.6 is 22.7 Å². The lowest BCUT2D eigenvalue weighted by atomic mass is 9.90. The Morgan fingerprint density at radius 1 is 0.432 bits per heavy atom. The molecule has 44 heavy (non-hydrogen) atoms. The Kier molecular flexibility index (Phi) is 7.15. The Balaban J connectivity index is 1.49. The van der Waals surface area contributed by atoms with Crippen LogP contribution in [0.3, 0.4) is 0 Å². The Morgan fingerprint density at radius 2 is 0.795 bits per heavy atom. The van der Waals surface area contributed by atoms with Crippen molar-refractivity contribution in [3.8, 4) is 23.7 Å². The molecule has 0 nitrogen and oxygen atoms in total. The molecule has 0 spiro atoms. The van der Waals surface area contributed by atoms with Crippen LogP contribution in [0.25, 0.3) is 41.7 Å². The largest absolute Gasteiger partial charge is 0.144 e. The fourth-order valence-electron chi connectivity index (χ4n) is 5.78. The molecule has 2 heterocycles. The Labute approximate surface area is 270 Å². The number of rotatable bonds is 2. The molecule has 7 aromatic rings. The van der Waals surface area contributed by atoms with Crippen molar-refractivity contribution < 1.29 is 0 Å². The summed E-state index contributed by atoms with van der Waals surface area (Å²) in [5.74, 6) is 14.4. The van der Waals surface area contributed by atoms with E-state index in [-0.39, 0.29) is 0 Å². The predicted octanol–water partition coefficient (Wildman–Crippen LogP) is 10.3. The summed E-state index contributed by atoms with van der Waals surface area (Å²) in [6.45, 7) is 14.3. The van der Waals surface area contributed by atoms with E-state index in [9.17, 15) is 0 Å². The first-order chi connectivity index (χ1) is 21.0. The third-order valence-corrected chi connectivity index (χ3v) is 14.3. The van der Waals surface area contributed by atoms with Gasteiger partial charge < -0.3 is 0 Å². The van der Waals surface area contributed by atoms with Crippen molar-refractivity contribution in [3.05, 3.63) is 118 Å². The Hall–Kier alpha value is -3.91. The molecule has 5 aromatic carbocycles. The first kappa shape index (κ1) is 28.8. The summed E-state index contributed by atoms with van der Waals surface area (Å²) in [4.78, 5) is 0. The number of thiophene rings is 2. The lowest BCUT2D eigenvalue weighted by molar-refractivity contribution is 1.63. The summed E-state index contributed by atoms with van der Waals surface area (Å²) in [5, 5.41) is 14.5. The van der Waals surface area contributed by atoms with Crippen molar-refractivity contribution in [1.82, 2.24) is 0 Å². The molecule has 0 atom stereocenters. The summed E-state index contributed by atoms with van der Waals surface area (Å²) in [7, 11) is -2.72. The van der Waals surface area contributed by atoms with E-state index in [0.29, 0.717) is 0 Å². The fraction of sp³-hybridized carbons (Fsp3) is 0.150. The van der Waals surface area contributed by atoms with Gasteiger partial charge in [0, 0.05) is 42.4 Å².